The number of carbonyl (C=O) groups is 1. The Morgan fingerprint density at radius 1 is 1.32 bits per heavy atom. The second kappa shape index (κ2) is 8.83. The van der Waals surface area contributed by atoms with Crippen molar-refractivity contribution in [2.24, 2.45) is 0 Å². The number of ether oxygens (including phenoxy) is 4. The summed E-state index contributed by atoms with van der Waals surface area (Å²) in [5, 5.41) is 32.6. The highest BCUT2D eigenvalue weighted by Gasteiger charge is 2.50. The molecule has 2 heterocycles. The molecule has 7 atom stereocenters. The molecule has 1 aromatic carbocycles. The molecule has 2 aliphatic rings. The van der Waals surface area contributed by atoms with Crippen LogP contribution in [0.5, 0.6) is 0 Å². The Morgan fingerprint density at radius 2 is 2.04 bits per heavy atom. The van der Waals surface area contributed by atoms with E-state index in [0.717, 1.165) is 5.56 Å². The van der Waals surface area contributed by atoms with Gasteiger partial charge in [0.15, 0.2) is 12.6 Å². The van der Waals surface area contributed by atoms with E-state index in [-0.39, 0.29) is 19.1 Å². The zero-order valence-electron chi connectivity index (χ0n) is 15.9. The van der Waals surface area contributed by atoms with Crippen LogP contribution >= 0.6 is 0 Å². The lowest BCUT2D eigenvalue weighted by Gasteiger charge is -2.48. The smallest absolute Gasteiger partial charge is 0.217 e. The van der Waals surface area contributed by atoms with E-state index in [1.807, 2.05) is 30.3 Å². The van der Waals surface area contributed by atoms with Gasteiger partial charge in [0, 0.05) is 12.5 Å². The largest absolute Gasteiger partial charge is 0.393 e. The number of hydrogen-bond donors (Lipinski definition) is 4. The topological polar surface area (TPSA) is 127 Å². The molecule has 9 nitrogen and oxygen atoms in total. The summed E-state index contributed by atoms with van der Waals surface area (Å²) in [4.78, 5) is 11.6. The summed E-state index contributed by atoms with van der Waals surface area (Å²) in [5.74, 6) is -0.375. The van der Waals surface area contributed by atoms with Crippen LogP contribution in [0, 0.1) is 0 Å². The maximum Gasteiger partial charge on any atom is 0.217 e. The van der Waals surface area contributed by atoms with Crippen LogP contribution in [-0.2, 0) is 23.7 Å². The van der Waals surface area contributed by atoms with Gasteiger partial charge in [0.05, 0.1) is 19.8 Å². The van der Waals surface area contributed by atoms with Crippen LogP contribution in [0.2, 0.25) is 0 Å². The van der Waals surface area contributed by atoms with E-state index in [0.29, 0.717) is 0 Å². The Bertz CT molecular complexity index is 655. The summed E-state index contributed by atoms with van der Waals surface area (Å²) in [7, 11) is 0. The molecule has 156 valence electrons. The van der Waals surface area contributed by atoms with E-state index >= 15 is 0 Å². The summed E-state index contributed by atoms with van der Waals surface area (Å²) < 4.78 is 23.1. The highest BCUT2D eigenvalue weighted by atomic mass is 16.7. The number of benzene rings is 1. The molecule has 1 amide bonds. The molecule has 1 aromatic rings. The quantitative estimate of drug-likeness (QED) is 0.504. The molecule has 3 rings (SSSR count). The summed E-state index contributed by atoms with van der Waals surface area (Å²) >= 11 is 0. The molecule has 0 saturated carbocycles. The van der Waals surface area contributed by atoms with Crippen molar-refractivity contribution in [3.8, 4) is 0 Å². The number of carbonyl (C=O) groups excluding carboxylic acids is 1. The van der Waals surface area contributed by atoms with Gasteiger partial charge >= 0.3 is 0 Å². The van der Waals surface area contributed by atoms with Crippen molar-refractivity contribution in [1.82, 2.24) is 5.32 Å². The summed E-state index contributed by atoms with van der Waals surface area (Å²) in [6, 6.07) is 8.40. The molecule has 0 radical (unpaired) electrons. The third-order valence-electron chi connectivity index (χ3n) is 4.71. The summed E-state index contributed by atoms with van der Waals surface area (Å²) in [6.45, 7) is 2.12. The fraction of sp³-hybridized carbons (Fsp3) is 0.632. The normalized spacial score (nSPS) is 34.9. The van der Waals surface area contributed by atoms with E-state index in [4.69, 9.17) is 18.9 Å². The van der Waals surface area contributed by atoms with Gasteiger partial charge in [-0.3, -0.25) is 4.79 Å². The lowest BCUT2D eigenvalue weighted by molar-refractivity contribution is -0.347. The Kier molecular flexibility index (Phi) is 6.66. The van der Waals surface area contributed by atoms with E-state index in [1.165, 1.54) is 13.8 Å². The molecular weight excluding hydrogens is 370 g/mol. The predicted molar refractivity (Wildman–Crippen MR) is 95.9 cm³/mol. The second-order valence-corrected chi connectivity index (χ2v) is 7.40. The average molecular weight is 397 g/mol. The first-order chi connectivity index (χ1) is 13.3. The van der Waals surface area contributed by atoms with E-state index in [9.17, 15) is 20.1 Å². The van der Waals surface area contributed by atoms with Gasteiger partial charge in [0.25, 0.3) is 0 Å². The van der Waals surface area contributed by atoms with Gasteiger partial charge in [-0.25, -0.2) is 0 Å². The molecule has 2 fully saturated rings. The number of hydrogen-bond acceptors (Lipinski definition) is 8. The van der Waals surface area contributed by atoms with Gasteiger partial charge < -0.3 is 39.6 Å². The maximum absolute atomic E-state index is 11.6. The molecule has 0 bridgehead atoms. The standard InChI is InChI=1S/C19H27NO8/c1-11(22)20-14-15(23)16-13(27-18(14)26-10-19(2,24)9-21)8-25-17(28-16)12-6-4-3-5-7-12/h3-7,13-18,21,23-24H,8-10H2,1-2H3,(H,20,22)/t13-,14-,15-,16-,17?,18-,19+/m1/s1. The maximum atomic E-state index is 11.6. The molecular formula is C19H27NO8. The fourth-order valence-electron chi connectivity index (χ4n) is 3.21. The zero-order valence-corrected chi connectivity index (χ0v) is 15.9. The number of aliphatic hydroxyl groups excluding tert-OH is 2. The predicted octanol–water partition coefficient (Wildman–Crippen LogP) is -0.549. The van der Waals surface area contributed by atoms with Crippen molar-refractivity contribution < 1.29 is 39.1 Å². The van der Waals surface area contributed by atoms with Gasteiger partial charge in [0.2, 0.25) is 5.91 Å². The van der Waals surface area contributed by atoms with Crippen LogP contribution < -0.4 is 5.32 Å². The van der Waals surface area contributed by atoms with Gasteiger partial charge in [-0.2, -0.15) is 0 Å². The molecule has 0 aliphatic carbocycles. The first-order valence-electron chi connectivity index (χ1n) is 9.18. The lowest BCUT2D eigenvalue weighted by Crippen LogP contribution is -2.67. The average Bonchev–Trinajstić information content (AvgIpc) is 2.69. The first kappa shape index (κ1) is 21.1. The molecule has 0 aromatic heterocycles. The van der Waals surface area contributed by atoms with Gasteiger partial charge in [-0.1, -0.05) is 30.3 Å². The Hall–Kier alpha value is -1.59. The monoisotopic (exact) mass is 397 g/mol. The molecule has 2 aliphatic heterocycles. The van der Waals surface area contributed by atoms with Crippen molar-refractivity contribution in [1.29, 1.82) is 0 Å². The number of fused-ring (bicyclic) bond motifs is 1. The molecule has 28 heavy (non-hydrogen) atoms. The van der Waals surface area contributed by atoms with Gasteiger partial charge in [-0.05, 0) is 6.92 Å². The van der Waals surface area contributed by atoms with Crippen molar-refractivity contribution in [3.63, 3.8) is 0 Å². The van der Waals surface area contributed by atoms with Crippen molar-refractivity contribution >= 4 is 5.91 Å². The third kappa shape index (κ3) is 4.87. The summed E-state index contributed by atoms with van der Waals surface area (Å²) in [5.41, 5.74) is -0.675. The summed E-state index contributed by atoms with van der Waals surface area (Å²) in [6.07, 6.45) is -4.19. The number of aliphatic hydroxyl groups is 3. The minimum absolute atomic E-state index is 0.157. The number of rotatable bonds is 6. The van der Waals surface area contributed by atoms with Crippen molar-refractivity contribution in [2.75, 3.05) is 19.8 Å². The third-order valence-corrected chi connectivity index (χ3v) is 4.71. The Morgan fingerprint density at radius 3 is 2.68 bits per heavy atom. The molecule has 0 spiro atoms. The van der Waals surface area contributed by atoms with Crippen molar-refractivity contribution in [3.05, 3.63) is 35.9 Å². The Labute approximate surface area is 163 Å². The molecule has 9 heteroatoms. The molecule has 1 unspecified atom stereocenters. The van der Waals surface area contributed by atoms with Crippen LogP contribution in [0.4, 0.5) is 0 Å². The highest BCUT2D eigenvalue weighted by Crippen LogP contribution is 2.34. The Balaban J connectivity index is 1.73. The zero-order chi connectivity index (χ0) is 20.3. The van der Waals surface area contributed by atoms with E-state index in [1.54, 1.807) is 0 Å². The van der Waals surface area contributed by atoms with Crippen LogP contribution in [0.3, 0.4) is 0 Å². The lowest BCUT2D eigenvalue weighted by atomic mass is 9.95. The van der Waals surface area contributed by atoms with E-state index < -0.39 is 49.1 Å². The minimum Gasteiger partial charge on any atom is -0.393 e. The molecule has 2 saturated heterocycles. The van der Waals surface area contributed by atoms with Crippen LogP contribution in [-0.4, -0.2) is 77.3 Å². The fourth-order valence-corrected chi connectivity index (χ4v) is 3.21. The van der Waals surface area contributed by atoms with Crippen LogP contribution in [0.25, 0.3) is 0 Å². The number of nitrogens with one attached hydrogen (secondary N) is 1. The van der Waals surface area contributed by atoms with Crippen molar-refractivity contribution in [2.45, 2.75) is 56.4 Å². The SMILES string of the molecule is CC(=O)N[C@H]1[C@H](OC[C@@](C)(O)CO)O[C@@H]2COC(c3ccccc3)O[C@H]2[C@@H]1O. The van der Waals surface area contributed by atoms with Crippen LogP contribution in [0.1, 0.15) is 25.7 Å². The highest BCUT2D eigenvalue weighted by molar-refractivity contribution is 5.73. The van der Waals surface area contributed by atoms with Gasteiger partial charge in [0.1, 0.15) is 30.0 Å². The molecule has 4 N–H and O–H groups in total. The second-order valence-electron chi connectivity index (χ2n) is 7.40. The van der Waals surface area contributed by atoms with E-state index in [2.05, 4.69) is 5.32 Å². The van der Waals surface area contributed by atoms with Gasteiger partial charge in [-0.15, -0.1) is 0 Å². The first-order valence-corrected chi connectivity index (χ1v) is 9.18. The van der Waals surface area contributed by atoms with Crippen LogP contribution in [0.15, 0.2) is 30.3 Å². The number of amides is 1. The minimum atomic E-state index is -1.48.